The molecule has 1 aliphatic heterocycles. The Labute approximate surface area is 203 Å². The van der Waals surface area contributed by atoms with Crippen molar-refractivity contribution in [2.24, 2.45) is 0 Å². The lowest BCUT2D eigenvalue weighted by atomic mass is 10.2. The van der Waals surface area contributed by atoms with E-state index in [1.54, 1.807) is 0 Å². The van der Waals surface area contributed by atoms with Crippen LogP contribution in [0.3, 0.4) is 0 Å². The summed E-state index contributed by atoms with van der Waals surface area (Å²) in [6.45, 7) is 2.46. The maximum atomic E-state index is 13.7. The predicted molar refractivity (Wildman–Crippen MR) is 132 cm³/mol. The number of aryl methyl sites for hydroxylation is 1. The van der Waals surface area contributed by atoms with Crippen molar-refractivity contribution in [2.75, 3.05) is 11.9 Å². The van der Waals surface area contributed by atoms with Gasteiger partial charge in [0.15, 0.2) is 0 Å². The lowest BCUT2D eigenvalue weighted by molar-refractivity contribution is -0.782. The van der Waals surface area contributed by atoms with Gasteiger partial charge in [0.2, 0.25) is 11.7 Å². The number of nitrogens with zero attached hydrogens (tertiary/aromatic N) is 4. The number of hydrogen-bond donors (Lipinski definition) is 1. The van der Waals surface area contributed by atoms with E-state index in [4.69, 9.17) is 4.52 Å². The molecule has 8 heteroatoms. The smallest absolute Gasteiger partial charge is 0.339 e. The number of amides is 3. The number of hydrogen-bond acceptors (Lipinski definition) is 5. The van der Waals surface area contributed by atoms with Gasteiger partial charge in [-0.1, -0.05) is 47.6 Å². The van der Waals surface area contributed by atoms with Gasteiger partial charge in [-0.25, -0.2) is 9.59 Å². The molecule has 5 rings (SSSR count). The number of urea groups is 1. The molecule has 1 fully saturated rings. The second-order valence-electron chi connectivity index (χ2n) is 8.89. The van der Waals surface area contributed by atoms with Crippen molar-refractivity contribution in [3.8, 4) is 17.1 Å². The molecule has 0 bridgehead atoms. The van der Waals surface area contributed by atoms with Gasteiger partial charge in [0.1, 0.15) is 6.04 Å². The first-order chi connectivity index (χ1) is 17.1. The van der Waals surface area contributed by atoms with E-state index in [9.17, 15) is 9.59 Å². The Morgan fingerprint density at radius 1 is 1.06 bits per heavy atom. The van der Waals surface area contributed by atoms with Crippen LogP contribution in [-0.4, -0.2) is 43.7 Å². The number of carbonyl (C=O) groups is 2. The number of anilines is 1. The monoisotopic (exact) mass is 470 g/mol. The zero-order valence-corrected chi connectivity index (χ0v) is 19.6. The van der Waals surface area contributed by atoms with Gasteiger partial charge < -0.3 is 9.09 Å². The van der Waals surface area contributed by atoms with Gasteiger partial charge in [-0.05, 0) is 31.2 Å². The molecule has 3 amide bonds. The Morgan fingerprint density at radius 3 is 2.54 bits per heavy atom. The van der Waals surface area contributed by atoms with E-state index in [0.717, 1.165) is 24.1 Å². The van der Waals surface area contributed by atoms with Crippen molar-refractivity contribution in [2.45, 2.75) is 38.6 Å². The van der Waals surface area contributed by atoms with Gasteiger partial charge in [-0.15, -0.1) is 0 Å². The van der Waals surface area contributed by atoms with Crippen molar-refractivity contribution in [1.29, 1.82) is 0 Å². The van der Waals surface area contributed by atoms with E-state index >= 15 is 0 Å². The van der Waals surface area contributed by atoms with Gasteiger partial charge in [-0.2, -0.15) is 9.47 Å². The summed E-state index contributed by atoms with van der Waals surface area (Å²) in [5.74, 6) is 0.747. The minimum Gasteiger partial charge on any atom is -0.339 e. The van der Waals surface area contributed by atoms with Crippen molar-refractivity contribution >= 4 is 17.6 Å². The SMILES string of the molecule is C[C@@H]1CCC[N+]1(C(=O)CCc1nc(-c2ccccc2)no1)C(=O)Nc1ccccc1-n1cccc1. The summed E-state index contributed by atoms with van der Waals surface area (Å²) in [4.78, 5) is 31.7. The van der Waals surface area contributed by atoms with Crippen LogP contribution < -0.4 is 5.32 Å². The summed E-state index contributed by atoms with van der Waals surface area (Å²) in [6.07, 6.45) is 5.92. The van der Waals surface area contributed by atoms with E-state index in [1.165, 1.54) is 0 Å². The molecule has 3 heterocycles. The average Bonchev–Trinajstić information content (AvgIpc) is 3.65. The molecule has 0 radical (unpaired) electrons. The van der Waals surface area contributed by atoms with Crippen LogP contribution in [0.1, 0.15) is 32.1 Å². The fraction of sp³-hybridized carbons (Fsp3) is 0.259. The first-order valence-electron chi connectivity index (χ1n) is 11.9. The summed E-state index contributed by atoms with van der Waals surface area (Å²) >= 11 is 0. The molecule has 0 spiro atoms. The second kappa shape index (κ2) is 9.68. The topological polar surface area (TPSA) is 90.0 Å². The number of quaternary nitrogens is 1. The maximum Gasteiger partial charge on any atom is 0.428 e. The minimum atomic E-state index is -0.296. The Hall–Kier alpha value is -4.04. The van der Waals surface area contributed by atoms with Gasteiger partial charge in [0, 0.05) is 37.2 Å². The maximum absolute atomic E-state index is 13.7. The van der Waals surface area contributed by atoms with Gasteiger partial charge in [0.25, 0.3) is 0 Å². The number of benzene rings is 2. The van der Waals surface area contributed by atoms with Crippen LogP contribution in [0, 0.1) is 0 Å². The third-order valence-electron chi connectivity index (χ3n) is 6.77. The Bertz CT molecular complexity index is 1320. The lowest BCUT2D eigenvalue weighted by Gasteiger charge is -2.33. The summed E-state index contributed by atoms with van der Waals surface area (Å²) in [6, 6.07) is 20.6. The molecule has 1 unspecified atom stereocenters. The molecule has 4 aromatic rings. The van der Waals surface area contributed by atoms with Crippen LogP contribution in [-0.2, 0) is 11.2 Å². The molecule has 0 saturated carbocycles. The first kappa shape index (κ1) is 22.7. The number of imide groups is 1. The second-order valence-corrected chi connectivity index (χ2v) is 8.89. The Balaban J connectivity index is 1.33. The predicted octanol–water partition coefficient (Wildman–Crippen LogP) is 5.22. The molecular weight excluding hydrogens is 442 g/mol. The minimum absolute atomic E-state index is 0.108. The fourth-order valence-corrected chi connectivity index (χ4v) is 4.85. The van der Waals surface area contributed by atoms with E-state index in [-0.39, 0.29) is 28.9 Å². The van der Waals surface area contributed by atoms with Gasteiger partial charge in [-0.3, -0.25) is 5.32 Å². The summed E-state index contributed by atoms with van der Waals surface area (Å²) in [5.41, 5.74) is 2.37. The van der Waals surface area contributed by atoms with Crippen molar-refractivity contribution in [3.05, 3.63) is 85.0 Å². The highest BCUT2D eigenvalue weighted by atomic mass is 16.5. The molecule has 1 saturated heterocycles. The number of rotatable bonds is 6. The van der Waals surface area contributed by atoms with Gasteiger partial charge >= 0.3 is 11.9 Å². The molecule has 8 nitrogen and oxygen atoms in total. The summed E-state index contributed by atoms with van der Waals surface area (Å²) in [7, 11) is 0. The molecule has 1 N–H and O–H groups in total. The van der Waals surface area contributed by atoms with Crippen LogP contribution >= 0.6 is 0 Å². The number of nitrogens with one attached hydrogen (secondary N) is 1. The Kier molecular flexibility index (Phi) is 6.29. The molecule has 2 aromatic carbocycles. The highest BCUT2D eigenvalue weighted by Crippen LogP contribution is 2.31. The van der Waals surface area contributed by atoms with Crippen LogP contribution in [0.4, 0.5) is 10.5 Å². The highest BCUT2D eigenvalue weighted by molar-refractivity contribution is 5.94. The number of likely N-dealkylation sites (tertiary alicyclic amines) is 1. The van der Waals surface area contributed by atoms with Crippen LogP contribution in [0.5, 0.6) is 0 Å². The average molecular weight is 471 g/mol. The van der Waals surface area contributed by atoms with Crippen molar-refractivity contribution < 1.29 is 18.6 Å². The van der Waals surface area contributed by atoms with E-state index in [1.807, 2.05) is 90.6 Å². The van der Waals surface area contributed by atoms with E-state index in [2.05, 4.69) is 15.5 Å². The Morgan fingerprint density at radius 2 is 1.80 bits per heavy atom. The van der Waals surface area contributed by atoms with Crippen LogP contribution in [0.25, 0.3) is 17.1 Å². The molecule has 1 aliphatic rings. The van der Waals surface area contributed by atoms with Gasteiger partial charge in [0.05, 0.1) is 24.3 Å². The summed E-state index contributed by atoms with van der Waals surface area (Å²) < 4.78 is 7.10. The first-order valence-corrected chi connectivity index (χ1v) is 11.9. The zero-order valence-electron chi connectivity index (χ0n) is 19.6. The van der Waals surface area contributed by atoms with Crippen molar-refractivity contribution in [1.82, 2.24) is 14.7 Å². The summed E-state index contributed by atoms with van der Waals surface area (Å²) in [5, 5.41) is 7.09. The third-order valence-corrected chi connectivity index (χ3v) is 6.77. The fourth-order valence-electron chi connectivity index (χ4n) is 4.85. The third kappa shape index (κ3) is 4.40. The van der Waals surface area contributed by atoms with E-state index in [0.29, 0.717) is 30.4 Å². The number of aromatic nitrogens is 3. The zero-order chi connectivity index (χ0) is 24.3. The standard InChI is InChI=1S/C27H27N5O3/c1-20-10-9-19-32(20,27(34)28-22-13-5-6-14-23(22)31-17-7-8-18-31)25(33)16-15-24-29-26(30-35-24)21-11-3-2-4-12-21/h2-8,11-14,17-18,20H,9-10,15-16,19H2,1H3/p+1/t20-,32?/m1/s1. The molecular formula is C27H28N5O3+. The normalized spacial score (nSPS) is 19.5. The quantitative estimate of drug-likeness (QED) is 0.390. The largest absolute Gasteiger partial charge is 0.428 e. The molecule has 0 aliphatic carbocycles. The number of para-hydroxylation sites is 2. The lowest BCUT2D eigenvalue weighted by Crippen LogP contribution is -2.60. The highest BCUT2D eigenvalue weighted by Gasteiger charge is 2.52. The molecule has 178 valence electrons. The van der Waals surface area contributed by atoms with Crippen LogP contribution in [0.15, 0.2) is 83.6 Å². The van der Waals surface area contributed by atoms with E-state index < -0.39 is 0 Å². The van der Waals surface area contributed by atoms with Crippen LogP contribution in [0.2, 0.25) is 0 Å². The van der Waals surface area contributed by atoms with Crippen molar-refractivity contribution in [3.63, 3.8) is 0 Å². The molecule has 2 aromatic heterocycles. The molecule has 35 heavy (non-hydrogen) atoms. The molecule has 2 atom stereocenters. The number of carbonyl (C=O) groups excluding carboxylic acids is 2.